The molecule has 35 heavy (non-hydrogen) atoms. The van der Waals surface area contributed by atoms with Crippen LogP contribution >= 0.6 is 0 Å². The van der Waals surface area contributed by atoms with Crippen molar-refractivity contribution in [2.24, 2.45) is 0 Å². The van der Waals surface area contributed by atoms with Gasteiger partial charge in [0.25, 0.3) is 0 Å². The lowest BCUT2D eigenvalue weighted by Crippen LogP contribution is -2.32. The minimum absolute atomic E-state index is 0.235. The highest BCUT2D eigenvalue weighted by molar-refractivity contribution is 5.40. The third-order valence-corrected chi connectivity index (χ3v) is 5.83. The van der Waals surface area contributed by atoms with Crippen molar-refractivity contribution < 1.29 is 14.6 Å². The maximum absolute atomic E-state index is 11.0. The van der Waals surface area contributed by atoms with Crippen molar-refractivity contribution in [3.05, 3.63) is 131 Å². The Hall–Kier alpha value is -3.60. The second-order valence-corrected chi connectivity index (χ2v) is 8.80. The van der Waals surface area contributed by atoms with Gasteiger partial charge in [-0.2, -0.15) is 0 Å². The van der Waals surface area contributed by atoms with Crippen LogP contribution in [0.1, 0.15) is 35.3 Å². The van der Waals surface area contributed by atoms with Crippen LogP contribution in [0.15, 0.2) is 109 Å². The molecule has 4 aromatic carbocycles. The maximum Gasteiger partial charge on any atom is 0.123 e. The van der Waals surface area contributed by atoms with E-state index in [2.05, 4.69) is 36.5 Å². The van der Waals surface area contributed by atoms with Crippen molar-refractivity contribution in [3.63, 3.8) is 0 Å². The van der Waals surface area contributed by atoms with E-state index in [0.29, 0.717) is 31.3 Å². The van der Waals surface area contributed by atoms with Crippen LogP contribution in [0.4, 0.5) is 0 Å². The molecule has 4 nitrogen and oxygen atoms in total. The van der Waals surface area contributed by atoms with Gasteiger partial charge in [-0.15, -0.1) is 0 Å². The highest BCUT2D eigenvalue weighted by Gasteiger charge is 2.14. The predicted molar refractivity (Wildman–Crippen MR) is 141 cm³/mol. The predicted octanol–water partition coefficient (Wildman–Crippen LogP) is 6.10. The summed E-state index contributed by atoms with van der Waals surface area (Å²) >= 11 is 0. The molecule has 0 amide bonds. The number of hydrogen-bond acceptors (Lipinski definition) is 4. The molecule has 1 unspecified atom stereocenters. The average Bonchev–Trinajstić information content (AvgIpc) is 2.91. The molecular formula is C31H33NO3. The molecule has 0 heterocycles. The lowest BCUT2D eigenvalue weighted by molar-refractivity contribution is 0.169. The van der Waals surface area contributed by atoms with E-state index >= 15 is 0 Å². The van der Waals surface area contributed by atoms with Gasteiger partial charge in [-0.05, 0) is 47.7 Å². The summed E-state index contributed by atoms with van der Waals surface area (Å²) in [5, 5.41) is 14.4. The Kier molecular flexibility index (Phi) is 8.93. The van der Waals surface area contributed by atoms with E-state index in [4.69, 9.17) is 9.47 Å². The second kappa shape index (κ2) is 12.7. The van der Waals surface area contributed by atoms with Crippen molar-refractivity contribution in [2.45, 2.75) is 38.7 Å². The van der Waals surface area contributed by atoms with Crippen LogP contribution in [0, 0.1) is 0 Å². The Balaban J connectivity index is 1.43. The van der Waals surface area contributed by atoms with Gasteiger partial charge in [0.2, 0.25) is 0 Å². The fourth-order valence-corrected chi connectivity index (χ4v) is 3.91. The number of benzene rings is 4. The van der Waals surface area contributed by atoms with Gasteiger partial charge >= 0.3 is 0 Å². The summed E-state index contributed by atoms with van der Waals surface area (Å²) in [5.41, 5.74) is 4.20. The molecule has 180 valence electrons. The number of rotatable bonds is 12. The molecule has 0 saturated heterocycles. The Bertz CT molecular complexity index is 1090. The molecule has 0 spiro atoms. The number of aliphatic hydroxyl groups excluding tert-OH is 1. The second-order valence-electron chi connectivity index (χ2n) is 8.80. The van der Waals surface area contributed by atoms with Crippen LogP contribution in [-0.4, -0.2) is 17.7 Å². The smallest absolute Gasteiger partial charge is 0.123 e. The first-order chi connectivity index (χ1) is 17.2. The molecule has 0 aromatic heterocycles. The number of hydrogen-bond donors (Lipinski definition) is 2. The summed E-state index contributed by atoms with van der Waals surface area (Å²) in [4.78, 5) is 0. The van der Waals surface area contributed by atoms with E-state index in [1.165, 1.54) is 5.56 Å². The Morgan fingerprint density at radius 3 is 1.60 bits per heavy atom. The fourth-order valence-electron chi connectivity index (χ4n) is 3.91. The quantitative estimate of drug-likeness (QED) is 0.264. The van der Waals surface area contributed by atoms with Crippen molar-refractivity contribution in [1.29, 1.82) is 0 Å². The lowest BCUT2D eigenvalue weighted by Gasteiger charge is -2.19. The van der Waals surface area contributed by atoms with Crippen molar-refractivity contribution in [2.75, 3.05) is 6.54 Å². The Morgan fingerprint density at radius 1 is 0.657 bits per heavy atom. The molecule has 4 heteroatoms. The SMILES string of the molecule is CC(Cc1ccccc1)NC[C@H](O)c1cc(OCc2ccccc2)cc(OCc2ccccc2)c1. The van der Waals surface area contributed by atoms with E-state index in [1.54, 1.807) is 0 Å². The molecule has 4 aromatic rings. The van der Waals surface area contributed by atoms with Crippen LogP contribution < -0.4 is 14.8 Å². The summed E-state index contributed by atoms with van der Waals surface area (Å²) < 4.78 is 12.1. The minimum Gasteiger partial charge on any atom is -0.489 e. The van der Waals surface area contributed by atoms with Gasteiger partial charge in [-0.25, -0.2) is 0 Å². The first-order valence-corrected chi connectivity index (χ1v) is 12.1. The van der Waals surface area contributed by atoms with Crippen LogP contribution in [0.25, 0.3) is 0 Å². The molecule has 2 N–H and O–H groups in total. The largest absolute Gasteiger partial charge is 0.489 e. The zero-order chi connectivity index (χ0) is 24.3. The third kappa shape index (κ3) is 7.99. The molecule has 0 aliphatic carbocycles. The van der Waals surface area contributed by atoms with Crippen LogP contribution in [0.2, 0.25) is 0 Å². The van der Waals surface area contributed by atoms with E-state index in [9.17, 15) is 5.11 Å². The first-order valence-electron chi connectivity index (χ1n) is 12.1. The number of aliphatic hydroxyl groups is 1. The minimum atomic E-state index is -0.687. The molecule has 0 aliphatic heterocycles. The zero-order valence-corrected chi connectivity index (χ0v) is 20.1. The van der Waals surface area contributed by atoms with E-state index in [1.807, 2.05) is 84.9 Å². The normalized spacial score (nSPS) is 12.6. The van der Waals surface area contributed by atoms with E-state index in [-0.39, 0.29) is 6.04 Å². The molecule has 0 saturated carbocycles. The van der Waals surface area contributed by atoms with Crippen LogP contribution in [0.5, 0.6) is 11.5 Å². The summed E-state index contributed by atoms with van der Waals surface area (Å²) in [5.74, 6) is 1.34. The molecule has 0 aliphatic rings. The van der Waals surface area contributed by atoms with Gasteiger partial charge in [-0.3, -0.25) is 0 Å². The number of nitrogens with one attached hydrogen (secondary N) is 1. The van der Waals surface area contributed by atoms with Crippen LogP contribution in [-0.2, 0) is 19.6 Å². The van der Waals surface area contributed by atoms with Crippen molar-refractivity contribution in [1.82, 2.24) is 5.32 Å². The van der Waals surface area contributed by atoms with Gasteiger partial charge in [0.15, 0.2) is 0 Å². The van der Waals surface area contributed by atoms with Gasteiger partial charge in [0, 0.05) is 18.7 Å². The van der Waals surface area contributed by atoms with Gasteiger partial charge in [0.1, 0.15) is 24.7 Å². The van der Waals surface area contributed by atoms with E-state index in [0.717, 1.165) is 23.1 Å². The maximum atomic E-state index is 11.0. The first kappa shape index (κ1) is 24.5. The Morgan fingerprint density at radius 2 is 1.11 bits per heavy atom. The highest BCUT2D eigenvalue weighted by Crippen LogP contribution is 2.28. The zero-order valence-electron chi connectivity index (χ0n) is 20.1. The number of ether oxygens (including phenoxy) is 2. The van der Waals surface area contributed by atoms with Crippen molar-refractivity contribution in [3.8, 4) is 11.5 Å². The van der Waals surface area contributed by atoms with Gasteiger partial charge in [0.05, 0.1) is 6.10 Å². The highest BCUT2D eigenvalue weighted by atomic mass is 16.5. The van der Waals surface area contributed by atoms with Gasteiger partial charge < -0.3 is 19.9 Å². The average molecular weight is 468 g/mol. The molecule has 2 atom stereocenters. The summed E-state index contributed by atoms with van der Waals surface area (Å²) in [7, 11) is 0. The topological polar surface area (TPSA) is 50.7 Å². The third-order valence-electron chi connectivity index (χ3n) is 5.83. The molecule has 0 bridgehead atoms. The van der Waals surface area contributed by atoms with E-state index < -0.39 is 6.10 Å². The Labute approximate surface area is 208 Å². The van der Waals surface area contributed by atoms with Gasteiger partial charge in [-0.1, -0.05) is 91.0 Å². The molecule has 0 radical (unpaired) electrons. The summed E-state index contributed by atoms with van der Waals surface area (Å²) in [6.45, 7) is 3.47. The monoisotopic (exact) mass is 467 g/mol. The van der Waals surface area contributed by atoms with Crippen LogP contribution in [0.3, 0.4) is 0 Å². The fraction of sp³-hybridized carbons (Fsp3) is 0.226. The summed E-state index contributed by atoms with van der Waals surface area (Å²) in [6.07, 6.45) is 0.215. The molecular weight excluding hydrogens is 434 g/mol. The molecule has 4 rings (SSSR count). The summed E-state index contributed by atoms with van der Waals surface area (Å²) in [6, 6.07) is 36.4. The standard InChI is InChI=1S/C31H33NO3/c1-24(17-25-11-5-2-6-12-25)32-21-31(33)28-18-29(34-22-26-13-7-3-8-14-26)20-30(19-28)35-23-27-15-9-4-10-16-27/h2-16,18-20,24,31-33H,17,21-23H2,1H3/t24?,31-/m0/s1. The van der Waals surface area contributed by atoms with Crippen molar-refractivity contribution >= 4 is 0 Å². The lowest BCUT2D eigenvalue weighted by atomic mass is 10.1. The molecule has 0 fully saturated rings.